The van der Waals surface area contributed by atoms with Gasteiger partial charge in [0.05, 0.1) is 5.69 Å². The highest BCUT2D eigenvalue weighted by molar-refractivity contribution is 5.94. The molecule has 0 spiro atoms. The van der Waals surface area contributed by atoms with Crippen molar-refractivity contribution in [2.24, 2.45) is 5.73 Å². The Morgan fingerprint density at radius 1 is 1.28 bits per heavy atom. The summed E-state index contributed by atoms with van der Waals surface area (Å²) in [7, 11) is 0. The second kappa shape index (κ2) is 7.95. The first kappa shape index (κ1) is 19.0. The first-order valence-electron chi connectivity index (χ1n) is 9.98. The number of nitrogens with one attached hydrogen (secondary N) is 2. The minimum atomic E-state index is -0.412. The molecule has 2 aromatic heterocycles. The Kier molecular flexibility index (Phi) is 5.20. The summed E-state index contributed by atoms with van der Waals surface area (Å²) in [5.41, 5.74) is 10.2. The van der Waals surface area contributed by atoms with Crippen molar-refractivity contribution >= 4 is 23.2 Å². The summed E-state index contributed by atoms with van der Waals surface area (Å²) in [6.45, 7) is 5.34. The number of benzene rings is 1. The Balaban J connectivity index is 1.58. The van der Waals surface area contributed by atoms with Gasteiger partial charge in [-0.05, 0) is 49.8 Å². The van der Waals surface area contributed by atoms with Crippen LogP contribution in [0.1, 0.15) is 52.9 Å². The Labute approximate surface area is 170 Å². The second-order valence-electron chi connectivity index (χ2n) is 7.42. The summed E-state index contributed by atoms with van der Waals surface area (Å²) < 4.78 is 1.92. The van der Waals surface area contributed by atoms with Gasteiger partial charge in [-0.15, -0.1) is 0 Å². The largest absolute Gasteiger partial charge is 0.381 e. The van der Waals surface area contributed by atoms with E-state index in [1.54, 1.807) is 6.07 Å². The Morgan fingerprint density at radius 3 is 2.79 bits per heavy atom. The Hall–Kier alpha value is -3.35. The number of carbonyl (C=O) groups is 1. The molecule has 3 aromatic rings. The van der Waals surface area contributed by atoms with Crippen LogP contribution >= 0.6 is 0 Å². The van der Waals surface area contributed by atoms with Crippen LogP contribution in [0.5, 0.6) is 0 Å². The van der Waals surface area contributed by atoms with Crippen LogP contribution in [0.4, 0.5) is 17.3 Å². The summed E-state index contributed by atoms with van der Waals surface area (Å²) in [5, 5.41) is 11.3. The topological polar surface area (TPSA) is 97.9 Å². The monoisotopic (exact) mass is 390 g/mol. The number of anilines is 3. The van der Waals surface area contributed by atoms with Gasteiger partial charge in [-0.25, -0.2) is 9.67 Å². The van der Waals surface area contributed by atoms with Crippen molar-refractivity contribution in [1.29, 1.82) is 0 Å². The van der Waals surface area contributed by atoms with Crippen LogP contribution in [-0.2, 0) is 13.1 Å². The van der Waals surface area contributed by atoms with Crippen molar-refractivity contribution in [3.8, 4) is 0 Å². The number of pyridine rings is 1. The maximum atomic E-state index is 11.7. The van der Waals surface area contributed by atoms with E-state index in [0.717, 1.165) is 35.1 Å². The molecule has 1 amide bonds. The Bertz CT molecular complexity index is 1040. The molecule has 0 aliphatic heterocycles. The fraction of sp³-hybridized carbons (Fsp3) is 0.318. The second-order valence-corrected chi connectivity index (χ2v) is 7.42. The van der Waals surface area contributed by atoms with Crippen LogP contribution in [0, 0.1) is 6.92 Å². The van der Waals surface area contributed by atoms with E-state index in [2.05, 4.69) is 27.6 Å². The number of carbonyl (C=O) groups excluding carboxylic acids is 1. The third kappa shape index (κ3) is 4.23. The van der Waals surface area contributed by atoms with Crippen molar-refractivity contribution in [3.05, 3.63) is 65.0 Å². The normalized spacial score (nSPS) is 13.3. The number of aromatic nitrogens is 3. The van der Waals surface area contributed by atoms with Gasteiger partial charge in [0.1, 0.15) is 11.6 Å². The van der Waals surface area contributed by atoms with Crippen LogP contribution in [0.15, 0.2) is 42.6 Å². The lowest BCUT2D eigenvalue weighted by atomic mass is 10.1. The average Bonchev–Trinajstić information content (AvgIpc) is 3.49. The number of hydrogen-bond acceptors (Lipinski definition) is 5. The van der Waals surface area contributed by atoms with Gasteiger partial charge in [0, 0.05) is 42.7 Å². The zero-order valence-electron chi connectivity index (χ0n) is 16.8. The molecule has 1 fully saturated rings. The molecular formula is C22H26N6O. The molecule has 1 aromatic carbocycles. The number of amides is 1. The van der Waals surface area contributed by atoms with Gasteiger partial charge in [0.15, 0.2) is 0 Å². The molecule has 0 radical (unpaired) electrons. The standard InChI is InChI=1S/C22H26N6O/c1-3-28-21(10-14(2)27-28)26-20-11-19(18(13-25-20)15-8-9-15)24-12-16-6-4-5-7-17(16)22(23)29/h4-7,10-11,13,15H,3,8-9,12H2,1-2H3,(H2,23,29)(H2,24,25,26). The van der Waals surface area contributed by atoms with Crippen LogP contribution in [0.25, 0.3) is 0 Å². The molecular weight excluding hydrogens is 364 g/mol. The predicted octanol–water partition coefficient (Wildman–Crippen LogP) is 3.94. The van der Waals surface area contributed by atoms with Crippen LogP contribution in [0.2, 0.25) is 0 Å². The smallest absolute Gasteiger partial charge is 0.249 e. The minimum Gasteiger partial charge on any atom is -0.381 e. The molecule has 0 saturated heterocycles. The summed E-state index contributed by atoms with van der Waals surface area (Å²) in [6, 6.07) is 11.5. The molecule has 0 atom stereocenters. The highest BCUT2D eigenvalue weighted by Crippen LogP contribution is 2.43. The number of aryl methyl sites for hydroxylation is 2. The number of nitrogens with zero attached hydrogens (tertiary/aromatic N) is 3. The maximum absolute atomic E-state index is 11.7. The third-order valence-electron chi connectivity index (χ3n) is 5.16. The molecule has 1 aliphatic rings. The number of nitrogens with two attached hydrogens (primary N) is 1. The van der Waals surface area contributed by atoms with E-state index in [9.17, 15) is 4.79 Å². The lowest BCUT2D eigenvalue weighted by Crippen LogP contribution is -2.15. The zero-order valence-corrected chi connectivity index (χ0v) is 16.8. The Morgan fingerprint density at radius 2 is 2.07 bits per heavy atom. The van der Waals surface area contributed by atoms with Crippen molar-refractivity contribution in [3.63, 3.8) is 0 Å². The van der Waals surface area contributed by atoms with Crippen molar-refractivity contribution in [2.45, 2.75) is 45.7 Å². The fourth-order valence-electron chi connectivity index (χ4n) is 3.53. The molecule has 0 unspecified atom stereocenters. The molecule has 4 rings (SSSR count). The predicted molar refractivity (Wildman–Crippen MR) is 114 cm³/mol. The summed E-state index contributed by atoms with van der Waals surface area (Å²) in [5.74, 6) is 1.82. The minimum absolute atomic E-state index is 0.412. The van der Waals surface area contributed by atoms with Gasteiger partial charge >= 0.3 is 0 Å². The lowest BCUT2D eigenvalue weighted by Gasteiger charge is -2.15. The highest BCUT2D eigenvalue weighted by Gasteiger charge is 2.27. The van der Waals surface area contributed by atoms with Gasteiger partial charge in [0.2, 0.25) is 5.91 Å². The molecule has 0 bridgehead atoms. The van der Waals surface area contributed by atoms with Crippen LogP contribution in [-0.4, -0.2) is 20.7 Å². The van der Waals surface area contributed by atoms with Gasteiger partial charge in [0.25, 0.3) is 0 Å². The molecule has 7 heteroatoms. The van der Waals surface area contributed by atoms with Gasteiger partial charge in [-0.3, -0.25) is 4.79 Å². The molecule has 29 heavy (non-hydrogen) atoms. The zero-order chi connectivity index (χ0) is 20.4. The summed E-state index contributed by atoms with van der Waals surface area (Å²) >= 11 is 0. The molecule has 150 valence electrons. The molecule has 1 saturated carbocycles. The molecule has 4 N–H and O–H groups in total. The first-order chi connectivity index (χ1) is 14.0. The number of primary amides is 1. The van der Waals surface area contributed by atoms with E-state index in [4.69, 9.17) is 5.73 Å². The highest BCUT2D eigenvalue weighted by atomic mass is 16.1. The number of hydrogen-bond donors (Lipinski definition) is 3. The lowest BCUT2D eigenvalue weighted by molar-refractivity contribution is 0.0999. The average molecular weight is 390 g/mol. The number of rotatable bonds is 8. The molecule has 1 aliphatic carbocycles. The van der Waals surface area contributed by atoms with Gasteiger partial charge < -0.3 is 16.4 Å². The van der Waals surface area contributed by atoms with Gasteiger partial charge in [-0.2, -0.15) is 5.10 Å². The summed E-state index contributed by atoms with van der Waals surface area (Å²) in [4.78, 5) is 16.3. The van der Waals surface area contributed by atoms with Crippen LogP contribution < -0.4 is 16.4 Å². The molecule has 2 heterocycles. The van der Waals surface area contributed by atoms with Crippen molar-refractivity contribution in [2.75, 3.05) is 10.6 Å². The first-order valence-corrected chi connectivity index (χ1v) is 9.98. The van der Waals surface area contributed by atoms with Crippen molar-refractivity contribution < 1.29 is 4.79 Å². The van der Waals surface area contributed by atoms with E-state index in [1.165, 1.54) is 18.4 Å². The quantitative estimate of drug-likeness (QED) is 0.541. The maximum Gasteiger partial charge on any atom is 0.249 e. The van der Waals surface area contributed by atoms with E-state index in [-0.39, 0.29) is 0 Å². The summed E-state index contributed by atoms with van der Waals surface area (Å²) in [6.07, 6.45) is 4.31. The van der Waals surface area contributed by atoms with Crippen molar-refractivity contribution in [1.82, 2.24) is 14.8 Å². The molecule has 7 nitrogen and oxygen atoms in total. The van der Waals surface area contributed by atoms with E-state index < -0.39 is 5.91 Å². The SMILES string of the molecule is CCn1nc(C)cc1Nc1cc(NCc2ccccc2C(N)=O)c(C2CC2)cn1. The van der Waals surface area contributed by atoms with Crippen LogP contribution in [0.3, 0.4) is 0 Å². The van der Waals surface area contributed by atoms with E-state index in [0.29, 0.717) is 18.0 Å². The van der Waals surface area contributed by atoms with E-state index >= 15 is 0 Å². The van der Waals surface area contributed by atoms with E-state index in [1.807, 2.05) is 48.1 Å². The fourth-order valence-corrected chi connectivity index (χ4v) is 3.53. The van der Waals surface area contributed by atoms with Gasteiger partial charge in [-0.1, -0.05) is 18.2 Å². The third-order valence-corrected chi connectivity index (χ3v) is 5.16.